The summed E-state index contributed by atoms with van der Waals surface area (Å²) in [7, 11) is 0. The predicted octanol–water partition coefficient (Wildman–Crippen LogP) is 2.94. The molecule has 0 radical (unpaired) electrons. The Balaban J connectivity index is 1.40. The molecule has 0 bridgehead atoms. The number of fused-ring (bicyclic) bond motifs is 2. The molecule has 2 aliphatic rings. The number of carbonyl (C=O) groups is 3. The van der Waals surface area contributed by atoms with Gasteiger partial charge in [0.2, 0.25) is 17.7 Å². The molecule has 1 aliphatic heterocycles. The van der Waals surface area contributed by atoms with Crippen LogP contribution in [0.1, 0.15) is 57.8 Å². The molecule has 2 N–H and O–H groups in total. The van der Waals surface area contributed by atoms with Crippen LogP contribution in [0.3, 0.4) is 0 Å². The van der Waals surface area contributed by atoms with Crippen molar-refractivity contribution in [3.8, 4) is 0 Å². The fraction of sp³-hybridized carbons (Fsp3) is 0.545. The van der Waals surface area contributed by atoms with Crippen molar-refractivity contribution < 1.29 is 14.4 Å². The lowest BCUT2D eigenvalue weighted by molar-refractivity contribution is -0.140. The SMILES string of the molecule is CC(C)C(NC(=O)CCN1C(=O)C2CCCCC2C1=O)c1nc2ccccc2[nH]1. The minimum Gasteiger partial charge on any atom is -0.346 e. The summed E-state index contributed by atoms with van der Waals surface area (Å²) in [6, 6.07) is 7.49. The van der Waals surface area contributed by atoms with Crippen LogP contribution in [0.2, 0.25) is 0 Å². The van der Waals surface area contributed by atoms with E-state index in [9.17, 15) is 14.4 Å². The first-order valence-corrected chi connectivity index (χ1v) is 10.5. The van der Waals surface area contributed by atoms with E-state index in [1.165, 1.54) is 4.90 Å². The zero-order valence-electron chi connectivity index (χ0n) is 17.0. The van der Waals surface area contributed by atoms with E-state index >= 15 is 0 Å². The second-order valence-corrected chi connectivity index (χ2v) is 8.50. The van der Waals surface area contributed by atoms with Crippen LogP contribution >= 0.6 is 0 Å². The van der Waals surface area contributed by atoms with Crippen molar-refractivity contribution in [3.63, 3.8) is 0 Å². The third-order valence-corrected chi connectivity index (χ3v) is 6.18. The molecule has 2 heterocycles. The molecular weight excluding hydrogens is 368 g/mol. The molecule has 0 spiro atoms. The van der Waals surface area contributed by atoms with Crippen LogP contribution in [0.15, 0.2) is 24.3 Å². The number of hydrogen-bond acceptors (Lipinski definition) is 4. The van der Waals surface area contributed by atoms with Gasteiger partial charge in [-0.15, -0.1) is 0 Å². The lowest BCUT2D eigenvalue weighted by atomic mass is 9.81. The summed E-state index contributed by atoms with van der Waals surface area (Å²) in [6.45, 7) is 4.20. The second-order valence-electron chi connectivity index (χ2n) is 8.50. The molecule has 1 aromatic heterocycles. The molecular formula is C22H28N4O3. The number of likely N-dealkylation sites (tertiary alicyclic amines) is 1. The molecule has 7 nitrogen and oxygen atoms in total. The number of nitrogens with one attached hydrogen (secondary N) is 2. The van der Waals surface area contributed by atoms with Gasteiger partial charge in [0, 0.05) is 13.0 Å². The van der Waals surface area contributed by atoms with Crippen LogP contribution in [0.4, 0.5) is 0 Å². The average Bonchev–Trinajstić information content (AvgIpc) is 3.24. The summed E-state index contributed by atoms with van der Waals surface area (Å²) >= 11 is 0. The van der Waals surface area contributed by atoms with Gasteiger partial charge in [0.1, 0.15) is 5.82 Å². The van der Waals surface area contributed by atoms with E-state index in [0.29, 0.717) is 5.82 Å². The minimum atomic E-state index is -0.262. The summed E-state index contributed by atoms with van der Waals surface area (Å²) < 4.78 is 0. The number of hydrogen-bond donors (Lipinski definition) is 2. The normalized spacial score (nSPS) is 22.9. The largest absolute Gasteiger partial charge is 0.346 e. The lowest BCUT2D eigenvalue weighted by Crippen LogP contribution is -2.37. The summed E-state index contributed by atoms with van der Waals surface area (Å²) in [4.78, 5) is 47.0. The van der Waals surface area contributed by atoms with Crippen LogP contribution in [-0.4, -0.2) is 39.1 Å². The van der Waals surface area contributed by atoms with E-state index in [0.717, 1.165) is 36.7 Å². The maximum absolute atomic E-state index is 12.6. The number of aromatic nitrogens is 2. The molecule has 1 saturated carbocycles. The standard InChI is InChI=1S/C22H28N4O3/c1-13(2)19(20-23-16-9-5-6-10-17(16)24-20)25-18(27)11-12-26-21(28)14-7-3-4-8-15(14)22(26)29/h5-6,9-10,13-15,19H,3-4,7-8,11-12H2,1-2H3,(H,23,24)(H,25,27). The predicted molar refractivity (Wildman–Crippen MR) is 109 cm³/mol. The Kier molecular flexibility index (Phi) is 5.39. The molecule has 3 atom stereocenters. The van der Waals surface area contributed by atoms with E-state index in [-0.39, 0.29) is 54.5 Å². The number of H-pyrrole nitrogens is 1. The van der Waals surface area contributed by atoms with Gasteiger partial charge < -0.3 is 10.3 Å². The van der Waals surface area contributed by atoms with Crippen LogP contribution in [0.25, 0.3) is 11.0 Å². The maximum Gasteiger partial charge on any atom is 0.233 e. The molecule has 1 aliphatic carbocycles. The Morgan fingerprint density at radius 3 is 2.45 bits per heavy atom. The molecule has 154 valence electrons. The number of rotatable bonds is 6. The monoisotopic (exact) mass is 396 g/mol. The zero-order valence-corrected chi connectivity index (χ0v) is 17.0. The maximum atomic E-state index is 12.6. The summed E-state index contributed by atoms with van der Waals surface area (Å²) in [6.07, 6.45) is 3.70. The number of para-hydroxylation sites is 2. The second kappa shape index (κ2) is 7.97. The molecule has 2 fully saturated rings. The van der Waals surface area contributed by atoms with Crippen molar-refractivity contribution in [1.82, 2.24) is 20.2 Å². The third-order valence-electron chi connectivity index (χ3n) is 6.18. The summed E-state index contributed by atoms with van der Waals surface area (Å²) in [5.41, 5.74) is 1.79. The highest BCUT2D eigenvalue weighted by molar-refractivity contribution is 6.05. The first-order valence-electron chi connectivity index (χ1n) is 10.5. The van der Waals surface area contributed by atoms with Crippen molar-refractivity contribution in [3.05, 3.63) is 30.1 Å². The van der Waals surface area contributed by atoms with Crippen molar-refractivity contribution in [2.45, 2.75) is 52.0 Å². The zero-order chi connectivity index (χ0) is 20.5. The Bertz CT molecular complexity index is 878. The Labute approximate surface area is 170 Å². The van der Waals surface area contributed by atoms with Crippen molar-refractivity contribution in [1.29, 1.82) is 0 Å². The van der Waals surface area contributed by atoms with E-state index < -0.39 is 0 Å². The fourth-order valence-electron chi connectivity index (χ4n) is 4.58. The van der Waals surface area contributed by atoms with Gasteiger partial charge >= 0.3 is 0 Å². The molecule has 7 heteroatoms. The fourth-order valence-corrected chi connectivity index (χ4v) is 4.58. The highest BCUT2D eigenvalue weighted by atomic mass is 16.2. The van der Waals surface area contributed by atoms with Gasteiger partial charge in [-0.25, -0.2) is 4.98 Å². The summed E-state index contributed by atoms with van der Waals surface area (Å²) in [5.74, 6) is 0.151. The van der Waals surface area contributed by atoms with Gasteiger partial charge in [-0.2, -0.15) is 0 Å². The van der Waals surface area contributed by atoms with E-state index in [2.05, 4.69) is 15.3 Å². The average molecular weight is 396 g/mol. The van der Waals surface area contributed by atoms with Crippen LogP contribution in [0, 0.1) is 17.8 Å². The molecule has 4 rings (SSSR count). The molecule has 1 aromatic carbocycles. The number of imidazole rings is 1. The number of benzene rings is 1. The van der Waals surface area contributed by atoms with Gasteiger partial charge in [-0.3, -0.25) is 19.3 Å². The first kappa shape index (κ1) is 19.6. The van der Waals surface area contributed by atoms with E-state index in [4.69, 9.17) is 0 Å². The van der Waals surface area contributed by atoms with Crippen molar-refractivity contribution in [2.24, 2.45) is 17.8 Å². The van der Waals surface area contributed by atoms with E-state index in [1.54, 1.807) is 0 Å². The molecule has 3 unspecified atom stereocenters. The van der Waals surface area contributed by atoms with Gasteiger partial charge in [0.15, 0.2) is 0 Å². The van der Waals surface area contributed by atoms with Crippen LogP contribution < -0.4 is 5.32 Å². The minimum absolute atomic E-state index is 0.0924. The molecule has 1 saturated heterocycles. The number of nitrogens with zero attached hydrogens (tertiary/aromatic N) is 2. The van der Waals surface area contributed by atoms with Gasteiger partial charge in [-0.1, -0.05) is 38.8 Å². The Hall–Kier alpha value is -2.70. The highest BCUT2D eigenvalue weighted by Gasteiger charge is 2.47. The van der Waals surface area contributed by atoms with Gasteiger partial charge in [0.05, 0.1) is 28.9 Å². The Morgan fingerprint density at radius 1 is 1.17 bits per heavy atom. The number of aromatic amines is 1. The number of amides is 3. The number of carbonyl (C=O) groups excluding carboxylic acids is 3. The smallest absolute Gasteiger partial charge is 0.233 e. The van der Waals surface area contributed by atoms with Gasteiger partial charge in [-0.05, 0) is 30.9 Å². The van der Waals surface area contributed by atoms with E-state index in [1.807, 2.05) is 38.1 Å². The highest BCUT2D eigenvalue weighted by Crippen LogP contribution is 2.38. The molecule has 2 aromatic rings. The number of imide groups is 1. The topological polar surface area (TPSA) is 95.2 Å². The molecule has 3 amide bonds. The van der Waals surface area contributed by atoms with Gasteiger partial charge in [0.25, 0.3) is 0 Å². The van der Waals surface area contributed by atoms with Crippen molar-refractivity contribution in [2.75, 3.05) is 6.54 Å². The molecule has 29 heavy (non-hydrogen) atoms. The van der Waals surface area contributed by atoms with Crippen molar-refractivity contribution >= 4 is 28.8 Å². The third kappa shape index (κ3) is 3.78. The summed E-state index contributed by atoms with van der Waals surface area (Å²) in [5, 5.41) is 3.03. The van der Waals surface area contributed by atoms with Crippen LogP contribution in [0.5, 0.6) is 0 Å². The first-order chi connectivity index (χ1) is 14.0. The Morgan fingerprint density at radius 2 is 1.83 bits per heavy atom. The lowest BCUT2D eigenvalue weighted by Gasteiger charge is -2.21. The van der Waals surface area contributed by atoms with Crippen LogP contribution in [-0.2, 0) is 14.4 Å². The quantitative estimate of drug-likeness (QED) is 0.734.